The third kappa shape index (κ3) is 4.12. The predicted molar refractivity (Wildman–Crippen MR) is 105 cm³/mol. The van der Waals surface area contributed by atoms with E-state index in [-0.39, 0.29) is 11.0 Å². The Labute approximate surface area is 158 Å². The van der Waals surface area contributed by atoms with Crippen molar-refractivity contribution in [2.45, 2.75) is 57.0 Å². The molecule has 4 heteroatoms. The van der Waals surface area contributed by atoms with Gasteiger partial charge in [-0.25, -0.2) is 0 Å². The fourth-order valence-electron chi connectivity index (χ4n) is 4.98. The quantitative estimate of drug-likeness (QED) is 0.697. The Bertz CT molecular complexity index is 591. The van der Waals surface area contributed by atoms with E-state index in [1.54, 1.807) is 7.11 Å². The number of ether oxygens (including phenoxy) is 1. The van der Waals surface area contributed by atoms with Gasteiger partial charge in [0.2, 0.25) is 5.91 Å². The Kier molecular flexibility index (Phi) is 6.03. The maximum atomic E-state index is 12.7. The maximum Gasteiger partial charge on any atom is 0.223 e. The molecule has 1 aromatic rings. The van der Waals surface area contributed by atoms with E-state index in [0.29, 0.717) is 5.91 Å². The van der Waals surface area contributed by atoms with E-state index >= 15 is 0 Å². The van der Waals surface area contributed by atoms with E-state index < -0.39 is 0 Å². The first-order chi connectivity index (χ1) is 12.5. The number of carbonyl (C=O) groups excluding carboxylic acids is 1. The van der Waals surface area contributed by atoms with Crippen LogP contribution in [-0.4, -0.2) is 55.6 Å². The van der Waals surface area contributed by atoms with Crippen LogP contribution in [0.3, 0.4) is 0 Å². The first-order valence-corrected chi connectivity index (χ1v) is 9.97. The van der Waals surface area contributed by atoms with Gasteiger partial charge in [0.1, 0.15) is 0 Å². The summed E-state index contributed by atoms with van der Waals surface area (Å²) in [6.45, 7) is 2.53. The van der Waals surface area contributed by atoms with Gasteiger partial charge in [-0.1, -0.05) is 30.3 Å². The fraction of sp³-hybridized carbons (Fsp3) is 0.682. The van der Waals surface area contributed by atoms with E-state index in [4.69, 9.17) is 4.74 Å². The van der Waals surface area contributed by atoms with Crippen LogP contribution in [0.5, 0.6) is 0 Å². The van der Waals surface area contributed by atoms with Crippen LogP contribution in [0.1, 0.15) is 50.5 Å². The highest BCUT2D eigenvalue weighted by atomic mass is 16.5. The number of carbonyl (C=O) groups is 1. The number of benzene rings is 1. The minimum absolute atomic E-state index is 0.201. The van der Waals surface area contributed by atoms with Crippen LogP contribution in [0.15, 0.2) is 30.3 Å². The van der Waals surface area contributed by atoms with Crippen LogP contribution in [0.25, 0.3) is 0 Å². The first kappa shape index (κ1) is 19.4. The number of hydrogen-bond donors (Lipinski definition) is 0. The van der Waals surface area contributed by atoms with Crippen LogP contribution in [-0.2, 0) is 16.1 Å². The third-order valence-corrected chi connectivity index (χ3v) is 6.80. The van der Waals surface area contributed by atoms with Crippen molar-refractivity contribution in [1.82, 2.24) is 9.80 Å². The molecule has 1 amide bonds. The molecule has 1 aliphatic carbocycles. The average Bonchev–Trinajstić information content (AvgIpc) is 2.93. The fourth-order valence-corrected chi connectivity index (χ4v) is 4.98. The monoisotopic (exact) mass is 358 g/mol. The SMILES string of the molecule is COCCCC1(N(C)C)CCC2(CC1)CC(=O)N(Cc1ccccc1)C2. The molecule has 1 saturated carbocycles. The molecule has 2 fully saturated rings. The average molecular weight is 359 g/mol. The van der Waals surface area contributed by atoms with Crippen LogP contribution in [0.4, 0.5) is 0 Å². The Balaban J connectivity index is 1.61. The standard InChI is InChI=1S/C22H34N2O2/c1-23(2)22(10-7-15-26-3)13-11-21(12-14-22)16-20(25)24(18-21)17-19-8-5-4-6-9-19/h4-6,8-9H,7,10-18H2,1-3H3. The van der Waals surface area contributed by atoms with Crippen LogP contribution in [0.2, 0.25) is 0 Å². The molecule has 0 radical (unpaired) electrons. The second kappa shape index (κ2) is 8.10. The van der Waals surface area contributed by atoms with Crippen LogP contribution < -0.4 is 0 Å². The van der Waals surface area contributed by atoms with E-state index in [2.05, 4.69) is 48.2 Å². The summed E-state index contributed by atoms with van der Waals surface area (Å²) >= 11 is 0. The lowest BCUT2D eigenvalue weighted by molar-refractivity contribution is -0.128. The molecule has 3 rings (SSSR count). The molecule has 0 bridgehead atoms. The van der Waals surface area contributed by atoms with Gasteiger partial charge < -0.3 is 14.5 Å². The molecule has 4 nitrogen and oxygen atoms in total. The molecule has 1 heterocycles. The Hall–Kier alpha value is -1.39. The van der Waals surface area contributed by atoms with E-state index in [0.717, 1.165) is 45.4 Å². The van der Waals surface area contributed by atoms with Crippen molar-refractivity contribution in [3.63, 3.8) is 0 Å². The highest BCUT2D eigenvalue weighted by molar-refractivity contribution is 5.79. The zero-order valence-electron chi connectivity index (χ0n) is 16.7. The number of likely N-dealkylation sites (tertiary alicyclic amines) is 1. The van der Waals surface area contributed by atoms with Gasteiger partial charge in [0.15, 0.2) is 0 Å². The van der Waals surface area contributed by atoms with Gasteiger partial charge in [-0.15, -0.1) is 0 Å². The minimum Gasteiger partial charge on any atom is -0.385 e. The molecule has 0 aromatic heterocycles. The van der Waals surface area contributed by atoms with Crippen molar-refractivity contribution in [3.8, 4) is 0 Å². The molecular weight excluding hydrogens is 324 g/mol. The molecule has 1 aromatic carbocycles. The highest BCUT2D eigenvalue weighted by Gasteiger charge is 2.49. The topological polar surface area (TPSA) is 32.8 Å². The highest BCUT2D eigenvalue weighted by Crippen LogP contribution is 2.50. The van der Waals surface area contributed by atoms with Crippen molar-refractivity contribution in [3.05, 3.63) is 35.9 Å². The first-order valence-electron chi connectivity index (χ1n) is 9.97. The van der Waals surface area contributed by atoms with Crippen molar-refractivity contribution < 1.29 is 9.53 Å². The van der Waals surface area contributed by atoms with Gasteiger partial charge in [-0.2, -0.15) is 0 Å². The van der Waals surface area contributed by atoms with E-state index in [1.807, 2.05) is 6.07 Å². The van der Waals surface area contributed by atoms with Gasteiger partial charge in [-0.05, 0) is 63.6 Å². The number of amides is 1. The number of nitrogens with zero attached hydrogens (tertiary/aromatic N) is 2. The Morgan fingerprint density at radius 3 is 2.42 bits per heavy atom. The molecule has 26 heavy (non-hydrogen) atoms. The third-order valence-electron chi connectivity index (χ3n) is 6.80. The summed E-state index contributed by atoms with van der Waals surface area (Å²) in [5.41, 5.74) is 1.71. The number of methoxy groups -OCH3 is 1. The lowest BCUT2D eigenvalue weighted by Gasteiger charge is -2.48. The molecule has 0 atom stereocenters. The largest absolute Gasteiger partial charge is 0.385 e. The predicted octanol–water partition coefficient (Wildman–Crippen LogP) is 3.71. The molecule has 0 unspecified atom stereocenters. The lowest BCUT2D eigenvalue weighted by Crippen LogP contribution is -2.49. The molecule has 1 spiro atoms. The second-order valence-electron chi connectivity index (χ2n) is 8.63. The molecule has 2 aliphatic rings. The number of rotatable bonds is 7. The smallest absolute Gasteiger partial charge is 0.223 e. The Morgan fingerprint density at radius 2 is 1.81 bits per heavy atom. The zero-order chi connectivity index (χ0) is 18.6. The molecular formula is C22H34N2O2. The normalized spacial score (nSPS) is 29.1. The Morgan fingerprint density at radius 1 is 1.12 bits per heavy atom. The van der Waals surface area contributed by atoms with E-state index in [9.17, 15) is 4.79 Å². The molecule has 1 saturated heterocycles. The van der Waals surface area contributed by atoms with Crippen molar-refractivity contribution in [1.29, 1.82) is 0 Å². The minimum atomic E-state index is 0.201. The van der Waals surface area contributed by atoms with Gasteiger partial charge in [0, 0.05) is 38.8 Å². The van der Waals surface area contributed by atoms with Crippen LogP contribution in [0, 0.1) is 5.41 Å². The summed E-state index contributed by atoms with van der Waals surface area (Å²) < 4.78 is 5.27. The second-order valence-corrected chi connectivity index (χ2v) is 8.63. The van der Waals surface area contributed by atoms with Crippen molar-refractivity contribution in [2.75, 3.05) is 34.4 Å². The van der Waals surface area contributed by atoms with Gasteiger partial charge in [0.05, 0.1) is 0 Å². The van der Waals surface area contributed by atoms with Crippen molar-refractivity contribution >= 4 is 5.91 Å². The zero-order valence-corrected chi connectivity index (χ0v) is 16.7. The van der Waals surface area contributed by atoms with Gasteiger partial charge in [0.25, 0.3) is 0 Å². The summed E-state index contributed by atoms with van der Waals surface area (Å²) in [7, 11) is 6.21. The maximum absolute atomic E-state index is 12.7. The summed E-state index contributed by atoms with van der Waals surface area (Å²) in [4.78, 5) is 17.2. The van der Waals surface area contributed by atoms with Crippen molar-refractivity contribution in [2.24, 2.45) is 5.41 Å². The van der Waals surface area contributed by atoms with E-state index in [1.165, 1.54) is 24.8 Å². The number of hydrogen-bond acceptors (Lipinski definition) is 3. The lowest BCUT2D eigenvalue weighted by atomic mass is 9.65. The molecule has 144 valence electrons. The summed E-state index contributed by atoms with van der Waals surface area (Å²) in [5.74, 6) is 0.339. The van der Waals surface area contributed by atoms with Crippen LogP contribution >= 0.6 is 0 Å². The van der Waals surface area contributed by atoms with Gasteiger partial charge >= 0.3 is 0 Å². The molecule has 1 aliphatic heterocycles. The van der Waals surface area contributed by atoms with Gasteiger partial charge in [-0.3, -0.25) is 4.79 Å². The summed E-state index contributed by atoms with van der Waals surface area (Å²) in [5, 5.41) is 0. The summed E-state index contributed by atoms with van der Waals surface area (Å²) in [6, 6.07) is 10.4. The molecule has 0 N–H and O–H groups in total. The summed E-state index contributed by atoms with van der Waals surface area (Å²) in [6.07, 6.45) is 7.74.